The van der Waals surface area contributed by atoms with E-state index in [1.807, 2.05) is 6.07 Å². The fraction of sp³-hybridized carbons (Fsp3) is 0.0833. The van der Waals surface area contributed by atoms with Gasteiger partial charge in [0.1, 0.15) is 5.82 Å². The average Bonchev–Trinajstić information content (AvgIpc) is 2.30. The number of pyridine rings is 1. The smallest absolute Gasteiger partial charge is 0.124 e. The van der Waals surface area contributed by atoms with Gasteiger partial charge >= 0.3 is 0 Å². The van der Waals surface area contributed by atoms with Crippen LogP contribution in [0.3, 0.4) is 0 Å². The minimum absolute atomic E-state index is 0.269. The molecule has 0 amide bonds. The van der Waals surface area contributed by atoms with Crippen molar-refractivity contribution in [2.24, 2.45) is 0 Å². The highest BCUT2D eigenvalue weighted by atomic mass is 79.9. The number of nitrogens with two attached hydrogens (primary N) is 1. The Labute approximate surface area is 112 Å². The number of hydrogen-bond donors (Lipinski definition) is 1. The summed E-state index contributed by atoms with van der Waals surface area (Å²) in [5.74, 6) is 0.439. The van der Waals surface area contributed by atoms with Crippen LogP contribution in [0.4, 0.5) is 10.1 Å². The van der Waals surface area contributed by atoms with E-state index < -0.39 is 0 Å². The van der Waals surface area contributed by atoms with Crippen molar-refractivity contribution in [3.8, 4) is 0 Å². The zero-order valence-electron chi connectivity index (χ0n) is 8.86. The summed E-state index contributed by atoms with van der Waals surface area (Å²) in [6, 6.07) is 6.37. The van der Waals surface area contributed by atoms with E-state index in [-0.39, 0.29) is 5.82 Å². The number of nitrogens with zero attached hydrogens (tertiary/aromatic N) is 1. The molecule has 0 saturated heterocycles. The van der Waals surface area contributed by atoms with Gasteiger partial charge in [0.15, 0.2) is 0 Å². The molecule has 5 heteroatoms. The molecule has 1 aromatic heterocycles. The highest BCUT2D eigenvalue weighted by molar-refractivity contribution is 9.10. The number of halogens is 2. The molecule has 0 radical (unpaired) electrons. The van der Waals surface area contributed by atoms with Gasteiger partial charge in [0, 0.05) is 33.2 Å². The molecule has 2 nitrogen and oxygen atoms in total. The molecule has 0 aliphatic carbocycles. The predicted octanol–water partition coefficient (Wildman–Crippen LogP) is 3.86. The van der Waals surface area contributed by atoms with Crippen LogP contribution in [-0.4, -0.2) is 4.98 Å². The van der Waals surface area contributed by atoms with Crippen molar-refractivity contribution in [3.63, 3.8) is 0 Å². The molecule has 1 heterocycles. The maximum Gasteiger partial charge on any atom is 0.124 e. The first-order valence-corrected chi connectivity index (χ1v) is 6.70. The first-order chi connectivity index (χ1) is 8.15. The van der Waals surface area contributed by atoms with Gasteiger partial charge in [-0.1, -0.05) is 0 Å². The van der Waals surface area contributed by atoms with E-state index >= 15 is 0 Å². The van der Waals surface area contributed by atoms with Crippen molar-refractivity contribution in [2.45, 2.75) is 10.6 Å². The topological polar surface area (TPSA) is 38.9 Å². The standard InChI is InChI=1S/C12H10BrFN2S/c13-9-3-8(5-16-6-9)7-17-12-4-10(14)1-2-11(12)15/h1-6H,7,15H2. The highest BCUT2D eigenvalue weighted by Crippen LogP contribution is 2.29. The molecule has 0 atom stereocenters. The number of aromatic nitrogens is 1. The zero-order valence-corrected chi connectivity index (χ0v) is 11.3. The average molecular weight is 313 g/mol. The maximum atomic E-state index is 13.0. The Balaban J connectivity index is 2.09. The second-order valence-corrected chi connectivity index (χ2v) is 5.42. The summed E-state index contributed by atoms with van der Waals surface area (Å²) >= 11 is 4.86. The van der Waals surface area contributed by atoms with Gasteiger partial charge < -0.3 is 5.73 Å². The Hall–Kier alpha value is -1.07. The molecule has 0 aliphatic rings. The summed E-state index contributed by atoms with van der Waals surface area (Å²) in [5.41, 5.74) is 7.43. The Morgan fingerprint density at radius 3 is 2.88 bits per heavy atom. The fourth-order valence-electron chi connectivity index (χ4n) is 1.33. The Bertz CT molecular complexity index is 534. The molecule has 88 valence electrons. The second-order valence-electron chi connectivity index (χ2n) is 3.48. The van der Waals surface area contributed by atoms with Gasteiger partial charge in [0.25, 0.3) is 0 Å². The van der Waals surface area contributed by atoms with Crippen molar-refractivity contribution in [2.75, 3.05) is 5.73 Å². The molecule has 0 fully saturated rings. The van der Waals surface area contributed by atoms with Crippen LogP contribution in [0, 0.1) is 5.82 Å². The SMILES string of the molecule is Nc1ccc(F)cc1SCc1cncc(Br)c1. The second kappa shape index (κ2) is 5.51. The van der Waals surface area contributed by atoms with Gasteiger partial charge in [-0.05, 0) is 45.8 Å². The van der Waals surface area contributed by atoms with E-state index in [2.05, 4.69) is 20.9 Å². The molecule has 2 N–H and O–H groups in total. The normalized spacial score (nSPS) is 10.5. The van der Waals surface area contributed by atoms with E-state index in [9.17, 15) is 4.39 Å². The van der Waals surface area contributed by atoms with Crippen molar-refractivity contribution < 1.29 is 4.39 Å². The number of anilines is 1. The third kappa shape index (κ3) is 3.44. The van der Waals surface area contributed by atoms with Crippen LogP contribution in [0.5, 0.6) is 0 Å². The van der Waals surface area contributed by atoms with Gasteiger partial charge in [-0.2, -0.15) is 0 Å². The van der Waals surface area contributed by atoms with Gasteiger partial charge in [-0.25, -0.2) is 4.39 Å². The molecule has 0 unspecified atom stereocenters. The van der Waals surface area contributed by atoms with Crippen molar-refractivity contribution in [1.82, 2.24) is 4.98 Å². The molecule has 0 spiro atoms. The van der Waals surface area contributed by atoms with Crippen LogP contribution in [0.15, 0.2) is 46.0 Å². The fourth-order valence-corrected chi connectivity index (χ4v) is 2.65. The minimum Gasteiger partial charge on any atom is -0.398 e. The summed E-state index contributed by atoms with van der Waals surface area (Å²) in [4.78, 5) is 4.83. The van der Waals surface area contributed by atoms with E-state index in [1.165, 1.54) is 23.9 Å². The Morgan fingerprint density at radius 1 is 1.29 bits per heavy atom. The van der Waals surface area contributed by atoms with Gasteiger partial charge in [0.05, 0.1) is 0 Å². The van der Waals surface area contributed by atoms with Crippen molar-refractivity contribution in [1.29, 1.82) is 0 Å². The largest absolute Gasteiger partial charge is 0.398 e. The molecule has 2 aromatic rings. The number of rotatable bonds is 3. The molecule has 2 rings (SSSR count). The lowest BCUT2D eigenvalue weighted by Crippen LogP contribution is -1.90. The van der Waals surface area contributed by atoms with E-state index in [4.69, 9.17) is 5.73 Å². The zero-order chi connectivity index (χ0) is 12.3. The predicted molar refractivity (Wildman–Crippen MR) is 72.3 cm³/mol. The van der Waals surface area contributed by atoms with Crippen molar-refractivity contribution in [3.05, 3.63) is 52.5 Å². The molecule has 1 aromatic carbocycles. The van der Waals surface area contributed by atoms with Gasteiger partial charge in [-0.15, -0.1) is 11.8 Å². The molecule has 0 aliphatic heterocycles. The van der Waals surface area contributed by atoms with Gasteiger partial charge in [0.2, 0.25) is 0 Å². The molecule has 0 bridgehead atoms. The summed E-state index contributed by atoms with van der Waals surface area (Å²) in [5, 5.41) is 0. The number of hydrogen-bond acceptors (Lipinski definition) is 3. The van der Waals surface area contributed by atoms with Crippen LogP contribution in [0.2, 0.25) is 0 Å². The molecule has 17 heavy (non-hydrogen) atoms. The summed E-state index contributed by atoms with van der Waals surface area (Å²) in [6.45, 7) is 0. The summed E-state index contributed by atoms with van der Waals surface area (Å²) in [6.07, 6.45) is 3.51. The van der Waals surface area contributed by atoms with E-state index in [1.54, 1.807) is 18.5 Å². The lowest BCUT2D eigenvalue weighted by atomic mass is 10.3. The van der Waals surface area contributed by atoms with Crippen LogP contribution in [0.1, 0.15) is 5.56 Å². The summed E-state index contributed by atoms with van der Waals surface area (Å²) in [7, 11) is 0. The first-order valence-electron chi connectivity index (χ1n) is 4.92. The van der Waals surface area contributed by atoms with Crippen LogP contribution in [-0.2, 0) is 5.75 Å². The van der Waals surface area contributed by atoms with Crippen LogP contribution < -0.4 is 5.73 Å². The van der Waals surface area contributed by atoms with Crippen molar-refractivity contribution >= 4 is 33.4 Å². The summed E-state index contributed by atoms with van der Waals surface area (Å²) < 4.78 is 14.0. The first kappa shape index (κ1) is 12.4. The van der Waals surface area contributed by atoms with Gasteiger partial charge in [-0.3, -0.25) is 4.98 Å². The lowest BCUT2D eigenvalue weighted by molar-refractivity contribution is 0.624. The Morgan fingerprint density at radius 2 is 2.12 bits per heavy atom. The number of benzene rings is 1. The third-order valence-electron chi connectivity index (χ3n) is 2.13. The monoisotopic (exact) mass is 312 g/mol. The third-order valence-corrected chi connectivity index (χ3v) is 3.71. The van der Waals surface area contributed by atoms with Crippen LogP contribution in [0.25, 0.3) is 0 Å². The molecular formula is C12H10BrFN2S. The molecule has 0 saturated carbocycles. The number of nitrogen functional groups attached to an aromatic ring is 1. The van der Waals surface area contributed by atoms with E-state index in [0.717, 1.165) is 14.9 Å². The Kier molecular flexibility index (Phi) is 4.02. The molecular weight excluding hydrogens is 303 g/mol. The maximum absolute atomic E-state index is 13.0. The van der Waals surface area contributed by atoms with E-state index in [0.29, 0.717) is 11.4 Å². The number of thioether (sulfide) groups is 1. The van der Waals surface area contributed by atoms with Crippen LogP contribution >= 0.6 is 27.7 Å². The lowest BCUT2D eigenvalue weighted by Gasteiger charge is -2.05. The highest BCUT2D eigenvalue weighted by Gasteiger charge is 2.03. The quantitative estimate of drug-likeness (QED) is 0.691. The minimum atomic E-state index is -0.269.